The quantitative estimate of drug-likeness (QED) is 0.728. The maximum Gasteiger partial charge on any atom is 0.336 e. The molecule has 0 unspecified atom stereocenters. The second kappa shape index (κ2) is 6.55. The summed E-state index contributed by atoms with van der Waals surface area (Å²) in [5.74, 6) is -0.258. The van der Waals surface area contributed by atoms with Crippen molar-refractivity contribution >= 4 is 16.9 Å². The summed E-state index contributed by atoms with van der Waals surface area (Å²) in [6.45, 7) is 7.83. The average Bonchev–Trinajstić information content (AvgIpc) is 2.54. The number of hydrogen-bond donors (Lipinski definition) is 1. The molecule has 2 aromatic carbocycles. The molecule has 0 atom stereocenters. The highest BCUT2D eigenvalue weighted by atomic mass is 16.5. The zero-order chi connectivity index (χ0) is 18.1. The lowest BCUT2D eigenvalue weighted by Gasteiger charge is -2.15. The first-order chi connectivity index (χ1) is 11.9. The van der Waals surface area contributed by atoms with Gasteiger partial charge in [0.2, 0.25) is 0 Å². The number of para-hydroxylation sites is 1. The van der Waals surface area contributed by atoms with Crippen LogP contribution in [0.5, 0.6) is 5.75 Å². The maximum atomic E-state index is 11.8. The van der Waals surface area contributed by atoms with Crippen LogP contribution in [0.25, 0.3) is 22.2 Å². The Kier molecular flexibility index (Phi) is 4.45. The number of pyridine rings is 1. The molecule has 0 aliphatic carbocycles. The van der Waals surface area contributed by atoms with Crippen LogP contribution < -0.4 is 4.74 Å². The summed E-state index contributed by atoms with van der Waals surface area (Å²) in [7, 11) is 0. The zero-order valence-electron chi connectivity index (χ0n) is 14.8. The van der Waals surface area contributed by atoms with Crippen LogP contribution in [-0.4, -0.2) is 22.2 Å². The van der Waals surface area contributed by atoms with Gasteiger partial charge in [0.05, 0.1) is 22.9 Å². The minimum Gasteiger partial charge on any atom is -0.490 e. The van der Waals surface area contributed by atoms with E-state index in [-0.39, 0.29) is 11.7 Å². The molecule has 0 amide bonds. The van der Waals surface area contributed by atoms with E-state index in [2.05, 4.69) is 0 Å². The molecule has 25 heavy (non-hydrogen) atoms. The fraction of sp³-hybridized carbons (Fsp3) is 0.238. The minimum atomic E-state index is -0.957. The third-order valence-corrected chi connectivity index (χ3v) is 4.00. The van der Waals surface area contributed by atoms with Crippen LogP contribution in [0.15, 0.2) is 42.5 Å². The van der Waals surface area contributed by atoms with Crippen LogP contribution in [0.1, 0.15) is 35.3 Å². The monoisotopic (exact) mass is 335 g/mol. The van der Waals surface area contributed by atoms with Gasteiger partial charge in [-0.2, -0.15) is 0 Å². The number of fused-ring (bicyclic) bond motifs is 1. The van der Waals surface area contributed by atoms with Gasteiger partial charge < -0.3 is 9.84 Å². The molecule has 0 radical (unpaired) electrons. The lowest BCUT2D eigenvalue weighted by Crippen LogP contribution is -2.07. The van der Waals surface area contributed by atoms with Crippen LogP contribution in [0.4, 0.5) is 0 Å². The number of aromatic nitrogens is 1. The predicted molar refractivity (Wildman–Crippen MR) is 99.4 cm³/mol. The molecule has 1 N–H and O–H groups in total. The molecule has 0 saturated heterocycles. The fourth-order valence-corrected chi connectivity index (χ4v) is 3.03. The summed E-state index contributed by atoms with van der Waals surface area (Å²) in [5.41, 5.74) is 4.34. The number of aromatic carboxylic acids is 1. The lowest BCUT2D eigenvalue weighted by molar-refractivity contribution is 0.0699. The van der Waals surface area contributed by atoms with E-state index in [9.17, 15) is 9.90 Å². The van der Waals surface area contributed by atoms with Gasteiger partial charge in [-0.25, -0.2) is 9.78 Å². The summed E-state index contributed by atoms with van der Waals surface area (Å²) in [5, 5.41) is 10.4. The van der Waals surface area contributed by atoms with E-state index >= 15 is 0 Å². The standard InChI is InChI=1S/C21H21NO3/c1-12(2)25-19-8-6-5-7-15(19)18-11-17(21(23)24)16-10-13(3)9-14(4)20(16)22-18/h5-12H,1-4H3,(H,23,24). The number of carboxylic acid groups (broad SMARTS) is 1. The number of nitrogens with zero attached hydrogens (tertiary/aromatic N) is 1. The first-order valence-electron chi connectivity index (χ1n) is 8.28. The summed E-state index contributed by atoms with van der Waals surface area (Å²) in [6, 6.07) is 13.1. The number of ether oxygens (including phenoxy) is 1. The topological polar surface area (TPSA) is 59.4 Å². The van der Waals surface area contributed by atoms with E-state index in [0.717, 1.165) is 16.7 Å². The number of aryl methyl sites for hydroxylation is 2. The van der Waals surface area contributed by atoms with Gasteiger partial charge in [0.15, 0.2) is 0 Å². The largest absolute Gasteiger partial charge is 0.490 e. The first kappa shape index (κ1) is 17.0. The van der Waals surface area contributed by atoms with E-state index in [4.69, 9.17) is 9.72 Å². The molecule has 128 valence electrons. The van der Waals surface area contributed by atoms with Crippen molar-refractivity contribution in [1.82, 2.24) is 4.98 Å². The summed E-state index contributed by atoms with van der Waals surface area (Å²) in [4.78, 5) is 16.6. The number of carbonyl (C=O) groups is 1. The van der Waals surface area contributed by atoms with Crippen molar-refractivity contribution in [1.29, 1.82) is 0 Å². The maximum absolute atomic E-state index is 11.8. The molecule has 0 aliphatic rings. The highest BCUT2D eigenvalue weighted by Gasteiger charge is 2.17. The molecule has 3 rings (SSSR count). The summed E-state index contributed by atoms with van der Waals surface area (Å²) in [6.07, 6.45) is 0.0185. The Balaban J connectivity index is 2.30. The Bertz CT molecular complexity index is 961. The van der Waals surface area contributed by atoms with Crippen LogP contribution in [0.3, 0.4) is 0 Å². The molecule has 1 aromatic heterocycles. The van der Waals surface area contributed by atoms with Crippen molar-refractivity contribution in [3.8, 4) is 17.0 Å². The highest BCUT2D eigenvalue weighted by molar-refractivity contribution is 6.04. The molecule has 0 bridgehead atoms. The molecule has 4 heteroatoms. The summed E-state index contributed by atoms with van der Waals surface area (Å²) < 4.78 is 5.87. The number of benzene rings is 2. The van der Waals surface area contributed by atoms with Crippen LogP contribution in [0.2, 0.25) is 0 Å². The number of carboxylic acids is 1. The van der Waals surface area contributed by atoms with Gasteiger partial charge in [-0.1, -0.05) is 23.8 Å². The highest BCUT2D eigenvalue weighted by Crippen LogP contribution is 2.33. The van der Waals surface area contributed by atoms with Gasteiger partial charge in [-0.05, 0) is 57.5 Å². The Morgan fingerprint density at radius 1 is 1.12 bits per heavy atom. The molecule has 0 fully saturated rings. The van der Waals surface area contributed by atoms with Gasteiger partial charge in [0.1, 0.15) is 5.75 Å². The van der Waals surface area contributed by atoms with Gasteiger partial charge in [0.25, 0.3) is 0 Å². The van der Waals surface area contributed by atoms with Crippen molar-refractivity contribution in [2.24, 2.45) is 0 Å². The molecule has 0 saturated carbocycles. The molecule has 1 heterocycles. The first-order valence-corrected chi connectivity index (χ1v) is 8.28. The molecular weight excluding hydrogens is 314 g/mol. The van der Waals surface area contributed by atoms with Crippen molar-refractivity contribution in [2.45, 2.75) is 33.8 Å². The van der Waals surface area contributed by atoms with Gasteiger partial charge in [0, 0.05) is 10.9 Å². The van der Waals surface area contributed by atoms with E-state index in [0.29, 0.717) is 22.3 Å². The van der Waals surface area contributed by atoms with Crippen LogP contribution in [0, 0.1) is 13.8 Å². The van der Waals surface area contributed by atoms with E-state index in [1.165, 1.54) is 0 Å². The smallest absolute Gasteiger partial charge is 0.336 e. The van der Waals surface area contributed by atoms with E-state index < -0.39 is 5.97 Å². The second-order valence-electron chi connectivity index (χ2n) is 6.50. The Morgan fingerprint density at radius 3 is 2.52 bits per heavy atom. The lowest BCUT2D eigenvalue weighted by atomic mass is 9.99. The van der Waals surface area contributed by atoms with Gasteiger partial charge in [-0.3, -0.25) is 0 Å². The zero-order valence-corrected chi connectivity index (χ0v) is 14.8. The Hall–Kier alpha value is -2.88. The van der Waals surface area contributed by atoms with Crippen molar-refractivity contribution in [3.05, 3.63) is 59.2 Å². The van der Waals surface area contributed by atoms with E-state index in [1.807, 2.05) is 64.1 Å². The average molecular weight is 335 g/mol. The minimum absolute atomic E-state index is 0.0185. The second-order valence-corrected chi connectivity index (χ2v) is 6.50. The van der Waals surface area contributed by atoms with Gasteiger partial charge >= 0.3 is 5.97 Å². The normalized spacial score (nSPS) is 11.1. The van der Waals surface area contributed by atoms with Crippen molar-refractivity contribution in [3.63, 3.8) is 0 Å². The SMILES string of the molecule is Cc1cc(C)c2nc(-c3ccccc3OC(C)C)cc(C(=O)O)c2c1. The molecule has 3 aromatic rings. The fourth-order valence-electron chi connectivity index (χ4n) is 3.03. The third kappa shape index (κ3) is 3.33. The van der Waals surface area contributed by atoms with Crippen LogP contribution in [-0.2, 0) is 0 Å². The van der Waals surface area contributed by atoms with Crippen molar-refractivity contribution in [2.75, 3.05) is 0 Å². The summed E-state index contributed by atoms with van der Waals surface area (Å²) >= 11 is 0. The molecule has 0 aliphatic heterocycles. The molecule has 4 nitrogen and oxygen atoms in total. The molecular formula is C21H21NO3. The molecule has 0 spiro atoms. The van der Waals surface area contributed by atoms with Gasteiger partial charge in [-0.15, -0.1) is 0 Å². The number of hydrogen-bond acceptors (Lipinski definition) is 3. The van der Waals surface area contributed by atoms with Crippen LogP contribution >= 0.6 is 0 Å². The van der Waals surface area contributed by atoms with E-state index in [1.54, 1.807) is 6.07 Å². The Labute approximate surface area is 147 Å². The predicted octanol–water partition coefficient (Wildman–Crippen LogP) is 5.00. The number of rotatable bonds is 4. The Morgan fingerprint density at radius 2 is 1.84 bits per heavy atom. The third-order valence-electron chi connectivity index (χ3n) is 4.00. The van der Waals surface area contributed by atoms with Crippen molar-refractivity contribution < 1.29 is 14.6 Å².